The molecule has 0 aliphatic heterocycles. The van der Waals surface area contributed by atoms with Gasteiger partial charge in [-0.15, -0.1) is 11.3 Å². The molecule has 0 radical (unpaired) electrons. The number of hydrogen-bond donors (Lipinski definition) is 2. The van der Waals surface area contributed by atoms with Crippen LogP contribution in [-0.4, -0.2) is 9.78 Å². The Morgan fingerprint density at radius 2 is 2.41 bits per heavy atom. The van der Waals surface area contributed by atoms with E-state index in [0.29, 0.717) is 0 Å². The molecule has 2 rings (SSSR count). The number of hydrogen-bond acceptors (Lipinski definition) is 4. The van der Waals surface area contributed by atoms with Crippen LogP contribution in [0.4, 0.5) is 0 Å². The topological polar surface area (TPSA) is 55.9 Å². The van der Waals surface area contributed by atoms with Gasteiger partial charge in [0.05, 0.1) is 15.5 Å². The maximum Gasteiger partial charge on any atom is 0.0970 e. The molecule has 0 spiro atoms. The van der Waals surface area contributed by atoms with Crippen molar-refractivity contribution in [3.8, 4) is 0 Å². The van der Waals surface area contributed by atoms with E-state index in [1.165, 1.54) is 10.4 Å². The molecule has 0 fully saturated rings. The van der Waals surface area contributed by atoms with Gasteiger partial charge in [-0.3, -0.25) is 10.5 Å². The zero-order valence-corrected chi connectivity index (χ0v) is 12.2. The third-order valence-corrected chi connectivity index (χ3v) is 4.87. The molecule has 0 saturated heterocycles. The first-order valence-electron chi connectivity index (χ1n) is 5.41. The average Bonchev–Trinajstić information content (AvgIpc) is 2.89. The second-order valence-corrected chi connectivity index (χ2v) is 6.18. The van der Waals surface area contributed by atoms with Crippen LogP contribution < -0.4 is 11.3 Å². The van der Waals surface area contributed by atoms with E-state index in [2.05, 4.69) is 46.4 Å². The summed E-state index contributed by atoms with van der Waals surface area (Å²) >= 11 is 5.24. The first-order valence-corrected chi connectivity index (χ1v) is 7.02. The van der Waals surface area contributed by atoms with Crippen LogP contribution >= 0.6 is 27.3 Å². The maximum absolute atomic E-state index is 5.68. The summed E-state index contributed by atoms with van der Waals surface area (Å²) in [6.45, 7) is 4.99. The normalized spacial score (nSPS) is 12.9. The number of halogens is 1. The fraction of sp³-hybridized carbons (Fsp3) is 0.364. The lowest BCUT2D eigenvalue weighted by atomic mass is 10.1. The Morgan fingerprint density at radius 1 is 1.65 bits per heavy atom. The van der Waals surface area contributed by atoms with Gasteiger partial charge < -0.3 is 0 Å². The van der Waals surface area contributed by atoms with E-state index in [4.69, 9.17) is 5.84 Å². The van der Waals surface area contributed by atoms with Crippen molar-refractivity contribution in [1.82, 2.24) is 15.2 Å². The lowest BCUT2D eigenvalue weighted by Gasteiger charge is -2.15. The minimum absolute atomic E-state index is 0.00699. The Balaban J connectivity index is 2.40. The van der Waals surface area contributed by atoms with Gasteiger partial charge in [0.2, 0.25) is 0 Å². The number of nitrogens with two attached hydrogens (primary N) is 1. The molecule has 0 saturated carbocycles. The second-order valence-electron chi connectivity index (χ2n) is 3.78. The lowest BCUT2D eigenvalue weighted by molar-refractivity contribution is 0.548. The van der Waals surface area contributed by atoms with E-state index >= 15 is 0 Å². The van der Waals surface area contributed by atoms with Crippen LogP contribution in [0.25, 0.3) is 0 Å². The smallest absolute Gasteiger partial charge is 0.0970 e. The van der Waals surface area contributed by atoms with Gasteiger partial charge in [-0.1, -0.05) is 0 Å². The van der Waals surface area contributed by atoms with Gasteiger partial charge in [0.15, 0.2) is 0 Å². The van der Waals surface area contributed by atoms with Crippen LogP contribution in [0.2, 0.25) is 0 Å². The number of aromatic nitrogens is 2. The molecular weight excluding hydrogens is 300 g/mol. The van der Waals surface area contributed by atoms with Crippen molar-refractivity contribution in [2.75, 3.05) is 0 Å². The summed E-state index contributed by atoms with van der Waals surface area (Å²) in [5, 5.41) is 4.27. The Bertz CT molecular complexity index is 486. The lowest BCUT2D eigenvalue weighted by Crippen LogP contribution is -2.30. The summed E-state index contributed by atoms with van der Waals surface area (Å²) in [5.41, 5.74) is 5.18. The molecule has 3 N–H and O–H groups in total. The fourth-order valence-corrected chi connectivity index (χ4v) is 3.44. The molecule has 2 aromatic heterocycles. The van der Waals surface area contributed by atoms with Gasteiger partial charge in [0.25, 0.3) is 0 Å². The predicted molar refractivity (Wildman–Crippen MR) is 73.8 cm³/mol. The number of nitrogens with zero attached hydrogens (tertiary/aromatic N) is 2. The molecule has 92 valence electrons. The zero-order valence-electron chi connectivity index (χ0n) is 9.77. The van der Waals surface area contributed by atoms with Crippen LogP contribution in [0.1, 0.15) is 29.1 Å². The van der Waals surface area contributed by atoms with E-state index in [-0.39, 0.29) is 6.04 Å². The Kier molecular flexibility index (Phi) is 3.98. The number of aryl methyl sites for hydroxylation is 2. The summed E-state index contributed by atoms with van der Waals surface area (Å²) in [6.07, 6.45) is 1.80. The summed E-state index contributed by atoms with van der Waals surface area (Å²) < 4.78 is 3.10. The largest absolute Gasteiger partial charge is 0.270 e. The zero-order chi connectivity index (χ0) is 12.4. The second kappa shape index (κ2) is 5.30. The SMILES string of the molecule is CCn1nccc1C(NN)c1cc(C)c(Br)s1. The highest BCUT2D eigenvalue weighted by Crippen LogP contribution is 2.33. The first kappa shape index (κ1) is 12.8. The number of rotatable bonds is 4. The van der Waals surface area contributed by atoms with Gasteiger partial charge >= 0.3 is 0 Å². The van der Waals surface area contributed by atoms with E-state index in [0.717, 1.165) is 16.0 Å². The Hall–Kier alpha value is -0.690. The van der Waals surface area contributed by atoms with Gasteiger partial charge in [-0.25, -0.2) is 5.43 Å². The van der Waals surface area contributed by atoms with Crippen molar-refractivity contribution in [2.24, 2.45) is 5.84 Å². The molecule has 6 heteroatoms. The number of hydrazine groups is 1. The molecule has 0 amide bonds. The van der Waals surface area contributed by atoms with Crippen LogP contribution in [0.5, 0.6) is 0 Å². The molecule has 0 aliphatic rings. The molecule has 17 heavy (non-hydrogen) atoms. The fourth-order valence-electron chi connectivity index (χ4n) is 1.79. The minimum Gasteiger partial charge on any atom is -0.270 e. The molecular formula is C11H15BrN4S. The van der Waals surface area contributed by atoms with E-state index in [9.17, 15) is 0 Å². The van der Waals surface area contributed by atoms with Crippen LogP contribution in [-0.2, 0) is 6.54 Å². The van der Waals surface area contributed by atoms with Gasteiger partial charge in [0, 0.05) is 17.6 Å². The third-order valence-electron chi connectivity index (χ3n) is 2.67. The highest BCUT2D eigenvalue weighted by molar-refractivity contribution is 9.11. The summed E-state index contributed by atoms with van der Waals surface area (Å²) in [4.78, 5) is 1.19. The van der Waals surface area contributed by atoms with E-state index in [1.807, 2.05) is 10.7 Å². The van der Waals surface area contributed by atoms with Crippen molar-refractivity contribution >= 4 is 27.3 Å². The first-order chi connectivity index (χ1) is 8.17. The summed E-state index contributed by atoms with van der Waals surface area (Å²) in [6, 6.07) is 4.14. The summed E-state index contributed by atoms with van der Waals surface area (Å²) in [7, 11) is 0. The molecule has 1 atom stereocenters. The summed E-state index contributed by atoms with van der Waals surface area (Å²) in [5.74, 6) is 5.68. The minimum atomic E-state index is -0.00699. The molecule has 2 aromatic rings. The average molecular weight is 315 g/mol. The number of thiophene rings is 1. The highest BCUT2D eigenvalue weighted by atomic mass is 79.9. The molecule has 4 nitrogen and oxygen atoms in total. The van der Waals surface area contributed by atoms with E-state index in [1.54, 1.807) is 17.5 Å². The molecule has 0 aromatic carbocycles. The Labute approximate surface area is 113 Å². The van der Waals surface area contributed by atoms with Gasteiger partial charge in [-0.2, -0.15) is 5.10 Å². The van der Waals surface area contributed by atoms with Crippen molar-refractivity contribution < 1.29 is 0 Å². The van der Waals surface area contributed by atoms with Crippen molar-refractivity contribution in [1.29, 1.82) is 0 Å². The van der Waals surface area contributed by atoms with Crippen LogP contribution in [0.3, 0.4) is 0 Å². The van der Waals surface area contributed by atoms with Crippen LogP contribution in [0, 0.1) is 6.92 Å². The molecule has 1 unspecified atom stereocenters. The quantitative estimate of drug-likeness (QED) is 0.673. The molecule has 0 bridgehead atoms. The van der Waals surface area contributed by atoms with Gasteiger partial charge in [-0.05, 0) is 47.5 Å². The standard InChI is InChI=1S/C11H15BrN4S/c1-3-16-8(4-5-14-16)10(15-13)9-6-7(2)11(12)17-9/h4-6,10,15H,3,13H2,1-2H3. The third kappa shape index (κ3) is 2.44. The van der Waals surface area contributed by atoms with Crippen molar-refractivity contribution in [2.45, 2.75) is 26.4 Å². The van der Waals surface area contributed by atoms with Crippen LogP contribution in [0.15, 0.2) is 22.1 Å². The Morgan fingerprint density at radius 3 is 2.94 bits per heavy atom. The predicted octanol–water partition coefficient (Wildman–Crippen LogP) is 2.59. The van der Waals surface area contributed by atoms with Gasteiger partial charge in [0.1, 0.15) is 0 Å². The number of nitrogens with one attached hydrogen (secondary N) is 1. The molecule has 2 heterocycles. The van der Waals surface area contributed by atoms with E-state index < -0.39 is 0 Å². The maximum atomic E-state index is 5.68. The van der Waals surface area contributed by atoms with Crippen molar-refractivity contribution in [3.05, 3.63) is 38.3 Å². The van der Waals surface area contributed by atoms with Crippen molar-refractivity contribution in [3.63, 3.8) is 0 Å². The molecule has 0 aliphatic carbocycles. The highest BCUT2D eigenvalue weighted by Gasteiger charge is 2.19. The monoisotopic (exact) mass is 314 g/mol.